The lowest BCUT2D eigenvalue weighted by Crippen LogP contribution is -2.29. The highest BCUT2D eigenvalue weighted by molar-refractivity contribution is 9.10. The number of H-pyrrole nitrogens is 1. The van der Waals surface area contributed by atoms with E-state index in [1.807, 2.05) is 55.5 Å². The highest BCUT2D eigenvalue weighted by Crippen LogP contribution is 2.44. The van der Waals surface area contributed by atoms with Crippen molar-refractivity contribution in [2.45, 2.75) is 13.0 Å². The second-order valence-electron chi connectivity index (χ2n) is 8.14. The molecule has 170 valence electrons. The quantitative estimate of drug-likeness (QED) is 0.202. The highest BCUT2D eigenvalue weighted by atomic mass is 79.9. The van der Waals surface area contributed by atoms with Gasteiger partial charge in [-0.3, -0.25) is 14.5 Å². The number of ketones is 1. The topological polar surface area (TPSA) is 82.6 Å². The number of anilines is 1. The molecule has 3 aromatic carbocycles. The van der Waals surface area contributed by atoms with Gasteiger partial charge < -0.3 is 14.8 Å². The van der Waals surface area contributed by atoms with Gasteiger partial charge in [-0.2, -0.15) is 0 Å². The number of aliphatic hydroxyl groups excluding tert-OH is 1. The molecular weight excluding hydrogens is 496 g/mol. The van der Waals surface area contributed by atoms with Crippen molar-refractivity contribution in [3.8, 4) is 5.75 Å². The van der Waals surface area contributed by atoms with E-state index in [1.165, 1.54) is 4.90 Å². The molecule has 1 aliphatic rings. The molecule has 1 fully saturated rings. The van der Waals surface area contributed by atoms with Crippen LogP contribution in [0.4, 0.5) is 5.69 Å². The SMILES string of the molecule is COc1ccc(/C(O)=C2\C(=O)C(=O)N(c3ccc(C)cc3)C2c2c[nH]c3ccccc23)cc1Br. The lowest BCUT2D eigenvalue weighted by atomic mass is 9.94. The molecule has 1 aliphatic heterocycles. The van der Waals surface area contributed by atoms with Crippen LogP contribution in [0.5, 0.6) is 5.75 Å². The fourth-order valence-electron chi connectivity index (χ4n) is 4.39. The molecule has 0 aliphatic carbocycles. The van der Waals surface area contributed by atoms with Gasteiger partial charge >= 0.3 is 0 Å². The number of benzene rings is 3. The number of Topliss-reactive ketones (excluding diaryl/α,β-unsaturated/α-hetero) is 1. The first-order valence-corrected chi connectivity index (χ1v) is 11.5. The van der Waals surface area contributed by atoms with E-state index in [0.29, 0.717) is 21.5 Å². The predicted octanol–water partition coefficient (Wildman–Crippen LogP) is 5.87. The molecule has 0 bridgehead atoms. The molecule has 6 nitrogen and oxygen atoms in total. The first-order valence-electron chi connectivity index (χ1n) is 10.7. The van der Waals surface area contributed by atoms with Gasteiger partial charge in [-0.1, -0.05) is 35.9 Å². The fourth-order valence-corrected chi connectivity index (χ4v) is 4.93. The number of methoxy groups -OCH3 is 1. The summed E-state index contributed by atoms with van der Waals surface area (Å²) < 4.78 is 5.90. The molecule has 1 aromatic heterocycles. The second-order valence-corrected chi connectivity index (χ2v) is 9.00. The number of carbonyl (C=O) groups excluding carboxylic acids is 2. The van der Waals surface area contributed by atoms with E-state index in [9.17, 15) is 14.7 Å². The van der Waals surface area contributed by atoms with Gasteiger partial charge in [-0.25, -0.2) is 0 Å². The van der Waals surface area contributed by atoms with Crippen LogP contribution >= 0.6 is 15.9 Å². The third kappa shape index (κ3) is 3.49. The van der Waals surface area contributed by atoms with Crippen LogP contribution in [0.2, 0.25) is 0 Å². The smallest absolute Gasteiger partial charge is 0.300 e. The van der Waals surface area contributed by atoms with Gasteiger partial charge in [0.1, 0.15) is 11.5 Å². The summed E-state index contributed by atoms with van der Waals surface area (Å²) >= 11 is 3.43. The normalized spacial score (nSPS) is 17.5. The van der Waals surface area contributed by atoms with Crippen LogP contribution in [0, 0.1) is 6.92 Å². The third-order valence-electron chi connectivity index (χ3n) is 6.10. The summed E-state index contributed by atoms with van der Waals surface area (Å²) in [4.78, 5) is 31.4. The number of aromatic nitrogens is 1. The molecule has 5 rings (SSSR count). The van der Waals surface area contributed by atoms with Gasteiger partial charge in [0.05, 0.1) is 23.2 Å². The maximum atomic E-state index is 13.4. The van der Waals surface area contributed by atoms with E-state index < -0.39 is 17.7 Å². The van der Waals surface area contributed by atoms with E-state index in [2.05, 4.69) is 20.9 Å². The Morgan fingerprint density at radius 1 is 1.06 bits per heavy atom. The largest absolute Gasteiger partial charge is 0.507 e. The predicted molar refractivity (Wildman–Crippen MR) is 135 cm³/mol. The number of nitrogens with zero attached hydrogens (tertiary/aromatic N) is 1. The summed E-state index contributed by atoms with van der Waals surface area (Å²) in [5, 5.41) is 12.2. The fraction of sp³-hybridized carbons (Fsp3) is 0.111. The maximum Gasteiger partial charge on any atom is 0.300 e. The molecule has 4 aromatic rings. The molecule has 1 atom stereocenters. The Hall–Kier alpha value is -3.84. The highest BCUT2D eigenvalue weighted by Gasteiger charge is 2.47. The number of para-hydroxylation sites is 1. The number of hydrogen-bond donors (Lipinski definition) is 2. The minimum absolute atomic E-state index is 0.0346. The van der Waals surface area contributed by atoms with Gasteiger partial charge in [0.2, 0.25) is 0 Å². The minimum atomic E-state index is -0.806. The van der Waals surface area contributed by atoms with Crippen molar-refractivity contribution < 1.29 is 19.4 Å². The standard InChI is InChI=1S/C27H21BrN2O4/c1-15-7-10-17(11-8-15)30-24(19-14-29-21-6-4-3-5-18(19)21)23(26(32)27(30)33)25(31)16-9-12-22(34-2)20(28)13-16/h3-14,24,29,31H,1-2H3/b25-23+. The van der Waals surface area contributed by atoms with Crippen molar-refractivity contribution in [2.24, 2.45) is 0 Å². The van der Waals surface area contributed by atoms with Crippen molar-refractivity contribution in [3.63, 3.8) is 0 Å². The van der Waals surface area contributed by atoms with Gasteiger partial charge in [0, 0.05) is 33.9 Å². The average molecular weight is 517 g/mol. The van der Waals surface area contributed by atoms with Gasteiger partial charge in [-0.05, 0) is 59.3 Å². The van der Waals surface area contributed by atoms with Crippen molar-refractivity contribution in [3.05, 3.63) is 99.7 Å². The lowest BCUT2D eigenvalue weighted by Gasteiger charge is -2.25. The van der Waals surface area contributed by atoms with Gasteiger partial charge in [0.25, 0.3) is 11.7 Å². The molecule has 7 heteroatoms. The van der Waals surface area contributed by atoms with Crippen LogP contribution in [0.25, 0.3) is 16.7 Å². The number of aromatic amines is 1. The molecule has 0 spiro atoms. The van der Waals surface area contributed by atoms with E-state index in [0.717, 1.165) is 22.0 Å². The monoisotopic (exact) mass is 516 g/mol. The van der Waals surface area contributed by atoms with Crippen LogP contribution in [0.1, 0.15) is 22.7 Å². The van der Waals surface area contributed by atoms with Crippen LogP contribution in [0.15, 0.2) is 83.0 Å². The summed E-state index contributed by atoms with van der Waals surface area (Å²) in [5.41, 5.74) is 3.65. The number of carbonyl (C=O) groups is 2. The Balaban J connectivity index is 1.76. The molecule has 2 N–H and O–H groups in total. The summed E-state index contributed by atoms with van der Waals surface area (Å²) in [7, 11) is 1.55. The summed E-state index contributed by atoms with van der Waals surface area (Å²) in [6.45, 7) is 1.95. The maximum absolute atomic E-state index is 13.4. The van der Waals surface area contributed by atoms with Crippen LogP contribution in [-0.2, 0) is 9.59 Å². The lowest BCUT2D eigenvalue weighted by molar-refractivity contribution is -0.132. The number of aryl methyl sites for hydroxylation is 1. The second kappa shape index (κ2) is 8.50. The summed E-state index contributed by atoms with van der Waals surface area (Å²) in [6.07, 6.45) is 1.79. The van der Waals surface area contributed by atoms with E-state index in [-0.39, 0.29) is 11.3 Å². The molecular formula is C27H21BrN2O4. The zero-order chi connectivity index (χ0) is 24.0. The Bertz CT molecular complexity index is 1470. The number of amides is 1. The van der Waals surface area contributed by atoms with Crippen molar-refractivity contribution in [2.75, 3.05) is 12.0 Å². The average Bonchev–Trinajstić information content (AvgIpc) is 3.38. The molecule has 2 heterocycles. The summed E-state index contributed by atoms with van der Waals surface area (Å²) in [6, 6.07) is 19.3. The number of aliphatic hydroxyl groups is 1. The van der Waals surface area contributed by atoms with Crippen LogP contribution in [-0.4, -0.2) is 28.9 Å². The van der Waals surface area contributed by atoms with Gasteiger partial charge in [0.15, 0.2) is 0 Å². The Labute approximate surface area is 204 Å². The van der Waals surface area contributed by atoms with Crippen molar-refractivity contribution in [1.29, 1.82) is 0 Å². The molecule has 1 saturated heterocycles. The first-order chi connectivity index (χ1) is 16.4. The number of ether oxygens (including phenoxy) is 1. The van der Waals surface area contributed by atoms with E-state index >= 15 is 0 Å². The zero-order valence-electron chi connectivity index (χ0n) is 18.5. The number of hydrogen-bond acceptors (Lipinski definition) is 4. The number of rotatable bonds is 4. The Morgan fingerprint density at radius 3 is 2.50 bits per heavy atom. The third-order valence-corrected chi connectivity index (χ3v) is 6.72. The molecule has 34 heavy (non-hydrogen) atoms. The Morgan fingerprint density at radius 2 is 1.79 bits per heavy atom. The van der Waals surface area contributed by atoms with Crippen LogP contribution in [0.3, 0.4) is 0 Å². The Kier molecular flexibility index (Phi) is 5.49. The first kappa shape index (κ1) is 22.0. The van der Waals surface area contributed by atoms with Crippen molar-refractivity contribution >= 4 is 50.0 Å². The number of fused-ring (bicyclic) bond motifs is 1. The van der Waals surface area contributed by atoms with Gasteiger partial charge in [-0.15, -0.1) is 0 Å². The van der Waals surface area contributed by atoms with Crippen molar-refractivity contribution in [1.82, 2.24) is 4.98 Å². The molecule has 0 radical (unpaired) electrons. The summed E-state index contributed by atoms with van der Waals surface area (Å²) in [5.74, 6) is -1.08. The zero-order valence-corrected chi connectivity index (χ0v) is 20.1. The van der Waals surface area contributed by atoms with E-state index in [4.69, 9.17) is 4.74 Å². The minimum Gasteiger partial charge on any atom is -0.507 e. The van der Waals surface area contributed by atoms with E-state index in [1.54, 1.807) is 31.5 Å². The molecule has 1 unspecified atom stereocenters. The number of halogens is 1. The number of nitrogens with one attached hydrogen (secondary N) is 1. The molecule has 0 saturated carbocycles. The van der Waals surface area contributed by atoms with Crippen LogP contribution < -0.4 is 9.64 Å². The molecule has 1 amide bonds.